The van der Waals surface area contributed by atoms with Gasteiger partial charge in [-0.05, 0) is 95.1 Å². The van der Waals surface area contributed by atoms with Crippen LogP contribution in [0.2, 0.25) is 0 Å². The third-order valence-corrected chi connectivity index (χ3v) is 6.05. The first-order valence-corrected chi connectivity index (χ1v) is 10.6. The van der Waals surface area contributed by atoms with Gasteiger partial charge in [-0.3, -0.25) is 0 Å². The predicted octanol–water partition coefficient (Wildman–Crippen LogP) is 7.78. The molecule has 0 bridgehead atoms. The van der Waals surface area contributed by atoms with Crippen molar-refractivity contribution in [3.63, 3.8) is 0 Å². The van der Waals surface area contributed by atoms with Gasteiger partial charge in [0.15, 0.2) is 0 Å². The smallest absolute Gasteiger partial charge is 0.335 e. The van der Waals surface area contributed by atoms with Crippen molar-refractivity contribution in [2.24, 2.45) is 0 Å². The van der Waals surface area contributed by atoms with Gasteiger partial charge in [0, 0.05) is 17.1 Å². The molecule has 0 aromatic heterocycles. The van der Waals surface area contributed by atoms with Gasteiger partial charge in [0.2, 0.25) is 0 Å². The molecule has 0 aliphatic carbocycles. The Morgan fingerprint density at radius 2 is 1.09 bits per heavy atom. The van der Waals surface area contributed by atoms with E-state index in [0.717, 1.165) is 17.1 Å². The molecule has 1 N–H and O–H groups in total. The molecule has 5 aromatic rings. The summed E-state index contributed by atoms with van der Waals surface area (Å²) in [5.74, 6) is -0.925. The van der Waals surface area contributed by atoms with Crippen LogP contribution in [0.4, 0.5) is 17.1 Å². The topological polar surface area (TPSA) is 40.5 Å². The highest BCUT2D eigenvalue weighted by atomic mass is 16.4. The van der Waals surface area contributed by atoms with Gasteiger partial charge in [-0.1, -0.05) is 48.5 Å². The highest BCUT2D eigenvalue weighted by molar-refractivity contribution is 5.95. The van der Waals surface area contributed by atoms with Crippen LogP contribution < -0.4 is 4.90 Å². The zero-order valence-corrected chi connectivity index (χ0v) is 18.0. The number of carboxylic acid groups (broad SMARTS) is 1. The Balaban J connectivity index is 1.71. The summed E-state index contributed by atoms with van der Waals surface area (Å²) in [6, 6.07) is 32.6. The van der Waals surface area contributed by atoms with Crippen LogP contribution in [0.5, 0.6) is 0 Å². The summed E-state index contributed by atoms with van der Waals surface area (Å²) in [4.78, 5) is 13.5. The van der Waals surface area contributed by atoms with E-state index in [9.17, 15) is 9.90 Å². The molecular weight excluding hydrogens is 394 g/mol. The second-order valence-electron chi connectivity index (χ2n) is 8.15. The second-order valence-corrected chi connectivity index (χ2v) is 8.15. The third kappa shape index (κ3) is 3.48. The van der Waals surface area contributed by atoms with Crippen LogP contribution in [-0.2, 0) is 0 Å². The minimum Gasteiger partial charge on any atom is -0.478 e. The number of nitrogens with zero attached hydrogens (tertiary/aromatic N) is 1. The highest BCUT2D eigenvalue weighted by Gasteiger charge is 2.15. The van der Waals surface area contributed by atoms with Gasteiger partial charge < -0.3 is 10.0 Å². The number of anilines is 3. The number of fused-ring (bicyclic) bond motifs is 2. The van der Waals surface area contributed by atoms with Crippen LogP contribution in [0.1, 0.15) is 21.5 Å². The van der Waals surface area contributed by atoms with Crippen LogP contribution in [0.3, 0.4) is 0 Å². The van der Waals surface area contributed by atoms with Crippen molar-refractivity contribution in [2.75, 3.05) is 4.90 Å². The van der Waals surface area contributed by atoms with Gasteiger partial charge in [0.05, 0.1) is 5.56 Å². The summed E-state index contributed by atoms with van der Waals surface area (Å²) >= 11 is 0. The number of benzene rings is 5. The average Bonchev–Trinajstić information content (AvgIpc) is 2.80. The SMILES string of the molecule is Cc1cccc2cc(N(c3ccc(C(=O)O)cc3)c3ccc4c(C)cccc4c3)ccc12. The molecule has 3 nitrogen and oxygen atoms in total. The number of aryl methyl sites for hydroxylation is 2. The minimum absolute atomic E-state index is 0.275. The van der Waals surface area contributed by atoms with Crippen LogP contribution in [0, 0.1) is 13.8 Å². The number of hydrogen-bond donors (Lipinski definition) is 1. The maximum absolute atomic E-state index is 11.4. The molecule has 0 amide bonds. The van der Waals surface area contributed by atoms with Crippen molar-refractivity contribution in [1.29, 1.82) is 0 Å². The van der Waals surface area contributed by atoms with Crippen LogP contribution in [0.15, 0.2) is 97.1 Å². The quantitative estimate of drug-likeness (QED) is 0.325. The molecule has 0 saturated carbocycles. The largest absolute Gasteiger partial charge is 0.478 e. The summed E-state index contributed by atoms with van der Waals surface area (Å²) in [5, 5.41) is 14.1. The Labute approximate surface area is 187 Å². The van der Waals surface area contributed by atoms with Crippen molar-refractivity contribution in [3.8, 4) is 0 Å². The monoisotopic (exact) mass is 417 g/mol. The number of carboxylic acids is 1. The first-order valence-electron chi connectivity index (χ1n) is 10.6. The molecule has 5 rings (SSSR count). The summed E-state index contributed by atoms with van der Waals surface area (Å²) in [5.41, 5.74) is 5.72. The van der Waals surface area contributed by atoms with Crippen molar-refractivity contribution >= 4 is 44.6 Å². The van der Waals surface area contributed by atoms with E-state index < -0.39 is 5.97 Å². The molecule has 0 heterocycles. The van der Waals surface area contributed by atoms with E-state index in [1.54, 1.807) is 12.1 Å². The molecule has 0 aliphatic heterocycles. The molecule has 0 unspecified atom stereocenters. The first kappa shape index (κ1) is 19.8. The molecule has 5 aromatic carbocycles. The first-order chi connectivity index (χ1) is 15.5. The minimum atomic E-state index is -0.925. The normalized spacial score (nSPS) is 11.1. The molecule has 0 radical (unpaired) electrons. The maximum atomic E-state index is 11.4. The lowest BCUT2D eigenvalue weighted by atomic mass is 10.0. The van der Waals surface area contributed by atoms with Crippen molar-refractivity contribution in [3.05, 3.63) is 114 Å². The molecular formula is C29H23NO2. The lowest BCUT2D eigenvalue weighted by Crippen LogP contribution is -2.10. The van der Waals surface area contributed by atoms with E-state index in [1.165, 1.54) is 32.7 Å². The fourth-order valence-electron chi connectivity index (χ4n) is 4.34. The molecule has 32 heavy (non-hydrogen) atoms. The molecule has 156 valence electrons. The van der Waals surface area contributed by atoms with E-state index >= 15 is 0 Å². The van der Waals surface area contributed by atoms with Gasteiger partial charge in [0.25, 0.3) is 0 Å². The van der Waals surface area contributed by atoms with Gasteiger partial charge >= 0.3 is 5.97 Å². The summed E-state index contributed by atoms with van der Waals surface area (Å²) < 4.78 is 0. The highest BCUT2D eigenvalue weighted by Crippen LogP contribution is 2.38. The average molecular weight is 418 g/mol. The number of hydrogen-bond acceptors (Lipinski definition) is 2. The fraction of sp³-hybridized carbons (Fsp3) is 0.0690. The van der Waals surface area contributed by atoms with Gasteiger partial charge in [-0.15, -0.1) is 0 Å². The van der Waals surface area contributed by atoms with Gasteiger partial charge in [0.1, 0.15) is 0 Å². The molecule has 3 heteroatoms. The number of aromatic carboxylic acids is 1. The predicted molar refractivity (Wildman–Crippen MR) is 133 cm³/mol. The zero-order valence-electron chi connectivity index (χ0n) is 18.0. The van der Waals surface area contributed by atoms with Crippen LogP contribution >= 0.6 is 0 Å². The van der Waals surface area contributed by atoms with Gasteiger partial charge in [-0.2, -0.15) is 0 Å². The van der Waals surface area contributed by atoms with Crippen molar-refractivity contribution in [2.45, 2.75) is 13.8 Å². The maximum Gasteiger partial charge on any atom is 0.335 e. The van der Waals surface area contributed by atoms with Crippen molar-refractivity contribution < 1.29 is 9.90 Å². The fourth-order valence-corrected chi connectivity index (χ4v) is 4.34. The Hall–Kier alpha value is -4.11. The molecule has 0 fully saturated rings. The second kappa shape index (κ2) is 7.86. The van der Waals surface area contributed by atoms with E-state index in [0.29, 0.717) is 0 Å². The number of carbonyl (C=O) groups is 1. The molecule has 0 spiro atoms. The van der Waals surface area contributed by atoms with E-state index in [4.69, 9.17) is 0 Å². The number of rotatable bonds is 4. The Bertz CT molecular complexity index is 1380. The Kier molecular flexibility index (Phi) is 4.87. The Morgan fingerprint density at radius 1 is 0.625 bits per heavy atom. The lowest BCUT2D eigenvalue weighted by molar-refractivity contribution is 0.0697. The van der Waals surface area contributed by atoms with Gasteiger partial charge in [-0.25, -0.2) is 4.79 Å². The van der Waals surface area contributed by atoms with Crippen LogP contribution in [0.25, 0.3) is 21.5 Å². The molecule has 0 aliphatic rings. The van der Waals surface area contributed by atoms with E-state index in [2.05, 4.69) is 91.5 Å². The molecule has 0 saturated heterocycles. The zero-order chi connectivity index (χ0) is 22.2. The van der Waals surface area contributed by atoms with Crippen molar-refractivity contribution in [1.82, 2.24) is 0 Å². The molecule has 0 atom stereocenters. The third-order valence-electron chi connectivity index (χ3n) is 6.05. The Morgan fingerprint density at radius 3 is 1.56 bits per heavy atom. The van der Waals surface area contributed by atoms with Crippen LogP contribution in [-0.4, -0.2) is 11.1 Å². The summed E-state index contributed by atoms with van der Waals surface area (Å²) in [7, 11) is 0. The van der Waals surface area contributed by atoms with E-state index in [1.807, 2.05) is 12.1 Å². The summed E-state index contributed by atoms with van der Waals surface area (Å²) in [6.07, 6.45) is 0. The van der Waals surface area contributed by atoms with E-state index in [-0.39, 0.29) is 5.56 Å². The lowest BCUT2D eigenvalue weighted by Gasteiger charge is -2.26. The standard InChI is InChI=1S/C29H23NO2/c1-19-5-3-7-22-17-25(13-15-27(19)22)30(24-11-9-21(10-12-24)29(31)32)26-14-16-28-20(2)6-4-8-23(28)18-26/h3-18H,1-2H3,(H,31,32). The summed E-state index contributed by atoms with van der Waals surface area (Å²) in [6.45, 7) is 4.24.